The summed E-state index contributed by atoms with van der Waals surface area (Å²) < 4.78 is 41.2. The highest BCUT2D eigenvalue weighted by Crippen LogP contribution is 2.27. The highest BCUT2D eigenvalue weighted by molar-refractivity contribution is 9.10. The minimum Gasteiger partial charge on any atom is -0.490 e. The first-order valence-electron chi connectivity index (χ1n) is 10.1. The summed E-state index contributed by atoms with van der Waals surface area (Å²) in [6.07, 6.45) is -0.690. The Labute approximate surface area is 200 Å². The van der Waals surface area contributed by atoms with E-state index < -0.39 is 22.1 Å². The van der Waals surface area contributed by atoms with Gasteiger partial charge in [-0.1, -0.05) is 46.3 Å². The van der Waals surface area contributed by atoms with Gasteiger partial charge in [0.25, 0.3) is 10.0 Å². The molecule has 3 aromatic carbocycles. The fourth-order valence-electron chi connectivity index (χ4n) is 3.39. The van der Waals surface area contributed by atoms with E-state index in [-0.39, 0.29) is 18.0 Å². The van der Waals surface area contributed by atoms with Gasteiger partial charge in [-0.2, -0.15) is 8.42 Å². The number of amidine groups is 1. The second-order valence-electron chi connectivity index (χ2n) is 7.42. The summed E-state index contributed by atoms with van der Waals surface area (Å²) in [5, 5.41) is 0. The molecule has 1 aliphatic heterocycles. The average molecular weight is 529 g/mol. The number of hydrogen-bond donors (Lipinski definition) is 0. The summed E-state index contributed by atoms with van der Waals surface area (Å²) in [6.45, 7) is 0.260. The molecule has 0 aliphatic carbocycles. The van der Waals surface area contributed by atoms with E-state index in [9.17, 15) is 13.2 Å². The van der Waals surface area contributed by atoms with Crippen molar-refractivity contribution in [2.75, 3.05) is 20.2 Å². The zero-order valence-electron chi connectivity index (χ0n) is 17.7. The van der Waals surface area contributed by atoms with E-state index in [1.807, 2.05) is 18.2 Å². The fourth-order valence-corrected chi connectivity index (χ4v) is 4.91. The molecule has 1 atom stereocenters. The Kier molecular flexibility index (Phi) is 6.80. The average Bonchev–Trinajstić information content (AvgIpc) is 3.10. The number of benzene rings is 3. The topological polar surface area (TPSA) is 85.3 Å². The van der Waals surface area contributed by atoms with Crippen molar-refractivity contribution in [2.45, 2.75) is 11.0 Å². The standard InChI is InChI=1S/C24H21BrN2O5S/c1-27(23-21-9-5-6-10-22(21)33(29,30)26-23)15-20(16-31-19-7-3-2-4-8-19)32-24(28)17-11-13-18(25)14-12-17/h2-14,20H,15-16H2,1H3/t20-/m1/s1. The predicted octanol–water partition coefficient (Wildman–Crippen LogP) is 4.13. The molecule has 9 heteroatoms. The number of esters is 1. The van der Waals surface area contributed by atoms with Crippen LogP contribution >= 0.6 is 15.9 Å². The van der Waals surface area contributed by atoms with Gasteiger partial charge in [-0.05, 0) is 48.5 Å². The van der Waals surface area contributed by atoms with Gasteiger partial charge in [0.1, 0.15) is 17.3 Å². The first-order valence-corrected chi connectivity index (χ1v) is 12.4. The molecule has 1 aliphatic rings. The number of halogens is 1. The highest BCUT2D eigenvalue weighted by Gasteiger charge is 2.31. The number of rotatable bonds is 7. The normalized spacial score (nSPS) is 14.7. The van der Waals surface area contributed by atoms with Gasteiger partial charge in [0, 0.05) is 17.1 Å². The lowest BCUT2D eigenvalue weighted by Crippen LogP contribution is -2.39. The van der Waals surface area contributed by atoms with Crippen LogP contribution in [0.5, 0.6) is 5.75 Å². The van der Waals surface area contributed by atoms with Crippen LogP contribution in [0.3, 0.4) is 0 Å². The predicted molar refractivity (Wildman–Crippen MR) is 128 cm³/mol. The lowest BCUT2D eigenvalue weighted by molar-refractivity contribution is 0.0130. The fraction of sp³-hybridized carbons (Fsp3) is 0.167. The smallest absolute Gasteiger partial charge is 0.338 e. The van der Waals surface area contributed by atoms with Crippen molar-refractivity contribution in [3.8, 4) is 5.75 Å². The Morgan fingerprint density at radius 2 is 1.67 bits per heavy atom. The van der Waals surface area contributed by atoms with Crippen molar-refractivity contribution >= 4 is 37.8 Å². The Hall–Kier alpha value is -3.17. The number of hydrogen-bond acceptors (Lipinski definition) is 6. The van der Waals surface area contributed by atoms with E-state index in [2.05, 4.69) is 20.3 Å². The Bertz CT molecular complexity index is 1280. The number of sulfonamides is 1. The number of carbonyl (C=O) groups excluding carboxylic acids is 1. The monoisotopic (exact) mass is 528 g/mol. The second kappa shape index (κ2) is 9.76. The van der Waals surface area contributed by atoms with Crippen LogP contribution in [-0.2, 0) is 14.8 Å². The van der Waals surface area contributed by atoms with Crippen molar-refractivity contribution in [3.63, 3.8) is 0 Å². The molecule has 0 N–H and O–H groups in total. The molecule has 3 aromatic rings. The van der Waals surface area contributed by atoms with Crippen LogP contribution in [0.25, 0.3) is 0 Å². The summed E-state index contributed by atoms with van der Waals surface area (Å²) in [5.41, 5.74) is 0.915. The first-order chi connectivity index (χ1) is 15.8. The molecule has 0 unspecified atom stereocenters. The zero-order chi connectivity index (χ0) is 23.4. The van der Waals surface area contributed by atoms with Gasteiger partial charge < -0.3 is 14.4 Å². The maximum Gasteiger partial charge on any atom is 0.338 e. The lowest BCUT2D eigenvalue weighted by Gasteiger charge is -2.25. The molecule has 0 fully saturated rings. The molecule has 33 heavy (non-hydrogen) atoms. The second-order valence-corrected chi connectivity index (χ2v) is 9.91. The first kappa shape index (κ1) is 23.0. The molecule has 0 bridgehead atoms. The minimum absolute atomic E-state index is 0.0816. The number of para-hydroxylation sites is 1. The molecule has 0 amide bonds. The Balaban J connectivity index is 1.53. The van der Waals surface area contributed by atoms with Gasteiger partial charge in [0.15, 0.2) is 11.9 Å². The number of ether oxygens (including phenoxy) is 2. The van der Waals surface area contributed by atoms with E-state index in [0.717, 1.165) is 4.47 Å². The van der Waals surface area contributed by atoms with Crippen molar-refractivity contribution in [1.29, 1.82) is 0 Å². The van der Waals surface area contributed by atoms with E-state index in [1.165, 1.54) is 6.07 Å². The largest absolute Gasteiger partial charge is 0.490 e. The van der Waals surface area contributed by atoms with Gasteiger partial charge >= 0.3 is 5.97 Å². The van der Waals surface area contributed by atoms with Crippen molar-refractivity contribution in [3.05, 3.63) is 94.5 Å². The number of carbonyl (C=O) groups is 1. The summed E-state index contributed by atoms with van der Waals surface area (Å²) in [4.78, 5) is 14.6. The summed E-state index contributed by atoms with van der Waals surface area (Å²) in [7, 11) is -2.05. The van der Waals surface area contributed by atoms with Crippen LogP contribution in [0.1, 0.15) is 15.9 Å². The SMILES string of the molecule is CN(C[C@H](COc1ccccc1)OC(=O)c1ccc(Br)cc1)C1=NS(=O)(=O)c2ccccc21. The van der Waals surface area contributed by atoms with Crippen molar-refractivity contribution in [2.24, 2.45) is 4.40 Å². The van der Waals surface area contributed by atoms with E-state index in [0.29, 0.717) is 22.7 Å². The molecule has 0 spiro atoms. The van der Waals surface area contributed by atoms with Crippen LogP contribution in [0.2, 0.25) is 0 Å². The third kappa shape index (κ3) is 5.43. The van der Waals surface area contributed by atoms with Gasteiger partial charge in [0.05, 0.1) is 12.1 Å². The molecule has 4 rings (SSSR count). The molecule has 0 saturated carbocycles. The van der Waals surface area contributed by atoms with Gasteiger partial charge in [0.2, 0.25) is 0 Å². The van der Waals surface area contributed by atoms with Crippen LogP contribution < -0.4 is 4.74 Å². The summed E-state index contributed by atoms with van der Waals surface area (Å²) >= 11 is 3.35. The van der Waals surface area contributed by atoms with Crippen LogP contribution in [-0.4, -0.2) is 51.4 Å². The van der Waals surface area contributed by atoms with Gasteiger partial charge in [-0.15, -0.1) is 4.40 Å². The molecule has 7 nitrogen and oxygen atoms in total. The highest BCUT2D eigenvalue weighted by atomic mass is 79.9. The van der Waals surface area contributed by atoms with Crippen molar-refractivity contribution < 1.29 is 22.7 Å². The Morgan fingerprint density at radius 1 is 1.00 bits per heavy atom. The third-order valence-corrected chi connectivity index (χ3v) is 6.84. The quantitative estimate of drug-likeness (QED) is 0.428. The maximum atomic E-state index is 12.7. The van der Waals surface area contributed by atoms with E-state index in [4.69, 9.17) is 9.47 Å². The summed E-state index contributed by atoms with van der Waals surface area (Å²) in [5.74, 6) is 0.435. The molecule has 0 aromatic heterocycles. The molecule has 0 saturated heterocycles. The molecule has 1 heterocycles. The Morgan fingerprint density at radius 3 is 2.39 bits per heavy atom. The van der Waals surface area contributed by atoms with Gasteiger partial charge in [-0.3, -0.25) is 0 Å². The lowest BCUT2D eigenvalue weighted by atomic mass is 10.2. The van der Waals surface area contributed by atoms with Crippen molar-refractivity contribution in [1.82, 2.24) is 4.90 Å². The minimum atomic E-state index is -3.76. The molecular formula is C24H21BrN2O5S. The number of nitrogens with zero attached hydrogens (tertiary/aromatic N) is 2. The molecule has 0 radical (unpaired) electrons. The maximum absolute atomic E-state index is 12.7. The summed E-state index contributed by atoms with van der Waals surface area (Å²) in [6, 6.07) is 22.7. The van der Waals surface area contributed by atoms with E-state index >= 15 is 0 Å². The van der Waals surface area contributed by atoms with Crippen LogP contribution in [0, 0.1) is 0 Å². The molecule has 170 valence electrons. The van der Waals surface area contributed by atoms with Crippen LogP contribution in [0.15, 0.2) is 92.6 Å². The van der Waals surface area contributed by atoms with Gasteiger partial charge in [-0.25, -0.2) is 4.79 Å². The van der Waals surface area contributed by atoms with E-state index in [1.54, 1.807) is 66.5 Å². The molecular weight excluding hydrogens is 508 g/mol. The third-order valence-electron chi connectivity index (χ3n) is 4.98. The number of likely N-dealkylation sites (N-methyl/N-ethyl adjacent to an activating group) is 1. The number of fused-ring (bicyclic) bond motifs is 1. The zero-order valence-corrected chi connectivity index (χ0v) is 20.1. The van der Waals surface area contributed by atoms with Crippen LogP contribution in [0.4, 0.5) is 0 Å².